The van der Waals surface area contributed by atoms with Crippen LogP contribution in [0, 0.1) is 5.41 Å². The summed E-state index contributed by atoms with van der Waals surface area (Å²) in [6, 6.07) is 5.41. The Balaban J connectivity index is 2.76. The Labute approximate surface area is 115 Å². The van der Waals surface area contributed by atoms with Crippen LogP contribution in [-0.4, -0.2) is 4.83 Å². The molecule has 0 aliphatic heterocycles. The fraction of sp³-hybridized carbons (Fsp3) is 0.571. The summed E-state index contributed by atoms with van der Waals surface area (Å²) in [5.74, 6) is 0. The molecule has 0 nitrogen and oxygen atoms in total. The summed E-state index contributed by atoms with van der Waals surface area (Å²) in [4.78, 5) is 0.256. The van der Waals surface area contributed by atoms with E-state index in [0.717, 1.165) is 30.5 Å². The van der Waals surface area contributed by atoms with E-state index in [0.29, 0.717) is 0 Å². The van der Waals surface area contributed by atoms with Gasteiger partial charge in [0.25, 0.3) is 0 Å². The number of halogens is 4. The molecule has 0 saturated carbocycles. The predicted molar refractivity (Wildman–Crippen MR) is 71.9 cm³/mol. The molecule has 0 spiro atoms. The highest BCUT2D eigenvalue weighted by atomic mass is 79.9. The van der Waals surface area contributed by atoms with Crippen LogP contribution in [0.2, 0.25) is 0 Å². The first kappa shape index (κ1) is 15.5. The Morgan fingerprint density at radius 3 is 2.00 bits per heavy atom. The first-order chi connectivity index (χ1) is 8.16. The second-order valence-corrected chi connectivity index (χ2v) is 6.31. The molecular weight excluding hydrogens is 305 g/mol. The third-order valence-electron chi connectivity index (χ3n) is 3.46. The first-order valence-electron chi connectivity index (χ1n) is 5.97. The molecule has 1 atom stereocenters. The third kappa shape index (κ3) is 4.01. The van der Waals surface area contributed by atoms with Crippen molar-refractivity contribution in [3.05, 3.63) is 35.4 Å². The molecule has 0 amide bonds. The van der Waals surface area contributed by atoms with Gasteiger partial charge in [0.2, 0.25) is 0 Å². The Hall–Kier alpha value is -0.510. The van der Waals surface area contributed by atoms with Crippen molar-refractivity contribution in [3.8, 4) is 0 Å². The van der Waals surface area contributed by atoms with E-state index in [9.17, 15) is 13.2 Å². The smallest absolute Gasteiger partial charge is 0.166 e. The van der Waals surface area contributed by atoms with Gasteiger partial charge >= 0.3 is 6.18 Å². The fourth-order valence-electron chi connectivity index (χ4n) is 1.53. The lowest BCUT2D eigenvalue weighted by Crippen LogP contribution is -2.25. The van der Waals surface area contributed by atoms with Gasteiger partial charge in [0, 0.05) is 4.83 Å². The molecule has 0 N–H and O–H groups in total. The lowest BCUT2D eigenvalue weighted by Gasteiger charge is -2.29. The standard InChI is InChI=1S/C14H18BrF3/c1-4-13(2,3)12(15)9-10-5-7-11(8-6-10)14(16,17)18/h5-8,12H,4,9H2,1-3H3. The number of hydrogen-bond acceptors (Lipinski definition) is 0. The summed E-state index contributed by atoms with van der Waals surface area (Å²) in [7, 11) is 0. The minimum Gasteiger partial charge on any atom is -0.166 e. The Kier molecular flexibility index (Phi) is 4.87. The largest absolute Gasteiger partial charge is 0.416 e. The van der Waals surface area contributed by atoms with E-state index < -0.39 is 11.7 Å². The maximum atomic E-state index is 12.4. The van der Waals surface area contributed by atoms with Crippen molar-refractivity contribution in [2.24, 2.45) is 5.41 Å². The van der Waals surface area contributed by atoms with Crippen molar-refractivity contribution in [1.29, 1.82) is 0 Å². The molecule has 0 heterocycles. The highest BCUT2D eigenvalue weighted by molar-refractivity contribution is 9.09. The van der Waals surface area contributed by atoms with Gasteiger partial charge in [-0.1, -0.05) is 48.8 Å². The SMILES string of the molecule is CCC(C)(C)C(Br)Cc1ccc(C(F)(F)F)cc1. The lowest BCUT2D eigenvalue weighted by molar-refractivity contribution is -0.137. The molecule has 1 rings (SSSR count). The average molecular weight is 323 g/mol. The van der Waals surface area contributed by atoms with Crippen LogP contribution in [0.5, 0.6) is 0 Å². The maximum absolute atomic E-state index is 12.4. The number of rotatable bonds is 4. The van der Waals surface area contributed by atoms with Gasteiger partial charge in [-0.3, -0.25) is 0 Å². The molecular formula is C14H18BrF3. The molecule has 0 radical (unpaired) electrons. The monoisotopic (exact) mass is 322 g/mol. The summed E-state index contributed by atoms with van der Waals surface area (Å²) in [6.45, 7) is 6.41. The summed E-state index contributed by atoms with van der Waals surface area (Å²) < 4.78 is 37.3. The Bertz CT molecular complexity index is 379. The molecule has 0 aliphatic carbocycles. The van der Waals surface area contributed by atoms with E-state index in [2.05, 4.69) is 36.7 Å². The van der Waals surface area contributed by atoms with Gasteiger partial charge in [-0.2, -0.15) is 13.2 Å². The molecule has 0 aliphatic rings. The molecule has 0 fully saturated rings. The summed E-state index contributed by atoms with van der Waals surface area (Å²) in [5, 5.41) is 0. The van der Waals surface area contributed by atoms with E-state index in [1.807, 2.05) is 0 Å². The Morgan fingerprint density at radius 2 is 1.61 bits per heavy atom. The first-order valence-corrected chi connectivity index (χ1v) is 6.88. The predicted octanol–water partition coefficient (Wildman–Crippen LogP) is 5.45. The van der Waals surface area contributed by atoms with Crippen LogP contribution in [0.4, 0.5) is 13.2 Å². The van der Waals surface area contributed by atoms with Gasteiger partial charge in [0.15, 0.2) is 0 Å². The average Bonchev–Trinajstić information content (AvgIpc) is 2.28. The van der Waals surface area contributed by atoms with Crippen LogP contribution < -0.4 is 0 Å². The molecule has 102 valence electrons. The van der Waals surface area contributed by atoms with Crippen LogP contribution in [0.25, 0.3) is 0 Å². The van der Waals surface area contributed by atoms with Crippen LogP contribution in [0.15, 0.2) is 24.3 Å². The van der Waals surface area contributed by atoms with E-state index >= 15 is 0 Å². The van der Waals surface area contributed by atoms with Crippen molar-refractivity contribution in [3.63, 3.8) is 0 Å². The minimum atomic E-state index is -4.25. The normalized spacial score (nSPS) is 14.6. The van der Waals surface area contributed by atoms with Crippen LogP contribution in [0.1, 0.15) is 38.3 Å². The van der Waals surface area contributed by atoms with Gasteiger partial charge in [0.1, 0.15) is 0 Å². The highest BCUT2D eigenvalue weighted by Crippen LogP contribution is 2.34. The molecule has 0 saturated heterocycles. The zero-order valence-corrected chi connectivity index (χ0v) is 12.4. The van der Waals surface area contributed by atoms with E-state index in [1.54, 1.807) is 12.1 Å². The number of benzene rings is 1. The topological polar surface area (TPSA) is 0 Å². The second-order valence-electron chi connectivity index (χ2n) is 5.21. The molecule has 0 bridgehead atoms. The molecule has 1 aromatic carbocycles. The van der Waals surface area contributed by atoms with E-state index in [-0.39, 0.29) is 10.2 Å². The second kappa shape index (κ2) is 5.64. The van der Waals surface area contributed by atoms with Gasteiger partial charge < -0.3 is 0 Å². The quantitative estimate of drug-likeness (QED) is 0.647. The van der Waals surface area contributed by atoms with Crippen molar-refractivity contribution >= 4 is 15.9 Å². The number of alkyl halides is 4. The van der Waals surface area contributed by atoms with Crippen molar-refractivity contribution < 1.29 is 13.2 Å². The highest BCUT2D eigenvalue weighted by Gasteiger charge is 2.30. The minimum absolute atomic E-state index is 0.128. The zero-order chi connectivity index (χ0) is 14.0. The van der Waals surface area contributed by atoms with Gasteiger partial charge in [-0.05, 0) is 36.0 Å². The lowest BCUT2D eigenvalue weighted by atomic mass is 9.83. The van der Waals surface area contributed by atoms with Crippen molar-refractivity contribution in [2.75, 3.05) is 0 Å². The summed E-state index contributed by atoms with van der Waals surface area (Å²) >= 11 is 3.63. The van der Waals surface area contributed by atoms with Gasteiger partial charge in [-0.25, -0.2) is 0 Å². The molecule has 1 unspecified atom stereocenters. The fourth-order valence-corrected chi connectivity index (χ4v) is 2.23. The van der Waals surface area contributed by atoms with Crippen LogP contribution in [-0.2, 0) is 12.6 Å². The summed E-state index contributed by atoms with van der Waals surface area (Å²) in [5.41, 5.74) is 0.460. The molecule has 18 heavy (non-hydrogen) atoms. The van der Waals surface area contributed by atoms with Crippen LogP contribution in [0.3, 0.4) is 0 Å². The summed E-state index contributed by atoms with van der Waals surface area (Å²) in [6.07, 6.45) is -2.50. The number of hydrogen-bond donors (Lipinski definition) is 0. The van der Waals surface area contributed by atoms with Crippen molar-refractivity contribution in [2.45, 2.75) is 44.6 Å². The van der Waals surface area contributed by atoms with Crippen molar-refractivity contribution in [1.82, 2.24) is 0 Å². The Morgan fingerprint density at radius 1 is 1.11 bits per heavy atom. The third-order valence-corrected chi connectivity index (χ3v) is 5.02. The molecule has 0 aromatic heterocycles. The molecule has 1 aromatic rings. The maximum Gasteiger partial charge on any atom is 0.416 e. The zero-order valence-electron chi connectivity index (χ0n) is 10.8. The van der Waals surface area contributed by atoms with E-state index in [1.165, 1.54) is 0 Å². The van der Waals surface area contributed by atoms with Crippen LogP contribution >= 0.6 is 15.9 Å². The molecule has 4 heteroatoms. The van der Waals surface area contributed by atoms with Gasteiger partial charge in [0.05, 0.1) is 5.56 Å². The van der Waals surface area contributed by atoms with Gasteiger partial charge in [-0.15, -0.1) is 0 Å². The van der Waals surface area contributed by atoms with E-state index in [4.69, 9.17) is 0 Å².